The van der Waals surface area contributed by atoms with E-state index in [1.165, 1.54) is 0 Å². The zero-order valence-corrected chi connectivity index (χ0v) is 9.25. The number of hydrogen-bond acceptors (Lipinski definition) is 5. The van der Waals surface area contributed by atoms with Crippen molar-refractivity contribution in [2.45, 2.75) is 13.8 Å². The molecule has 10 heteroatoms. The molecule has 0 aromatic heterocycles. The van der Waals surface area contributed by atoms with Crippen molar-refractivity contribution in [3.8, 4) is 0 Å². The smallest absolute Gasteiger partial charge is 0.317 e. The van der Waals surface area contributed by atoms with Crippen LogP contribution in [0.3, 0.4) is 0 Å². The Bertz CT molecular complexity index is 293. The molecule has 0 amide bonds. The fourth-order valence-electron chi connectivity index (χ4n) is 0.369. The van der Waals surface area contributed by atoms with Crippen LogP contribution in [-0.2, 0) is 20.8 Å². The predicted molar refractivity (Wildman–Crippen MR) is 47.4 cm³/mol. The van der Waals surface area contributed by atoms with Crippen LogP contribution in [-0.4, -0.2) is 29.9 Å². The normalized spacial score (nSPS) is 11.7. The van der Waals surface area contributed by atoms with Crippen molar-refractivity contribution in [3.05, 3.63) is 0 Å². The van der Waals surface area contributed by atoms with Gasteiger partial charge in [0, 0.05) is 0 Å². The maximum atomic E-state index is 11.1. The summed E-state index contributed by atoms with van der Waals surface area (Å²) >= 11 is 0. The largest absolute Gasteiger partial charge is 0.387 e. The summed E-state index contributed by atoms with van der Waals surface area (Å²) in [5.74, 6) is 0. The number of rotatable bonds is 4. The van der Waals surface area contributed by atoms with Gasteiger partial charge in [0.25, 0.3) is 0 Å². The highest BCUT2D eigenvalue weighted by Gasteiger charge is 2.17. The molecule has 0 radical (unpaired) electrons. The lowest BCUT2D eigenvalue weighted by Gasteiger charge is -1.87. The van der Waals surface area contributed by atoms with Crippen LogP contribution in [0, 0.1) is 0 Å². The van der Waals surface area contributed by atoms with Gasteiger partial charge in [0.2, 0.25) is 0 Å². The fraction of sp³-hybridized carbons (Fsp3) is 1.00. The van der Waals surface area contributed by atoms with Crippen molar-refractivity contribution in [1.82, 2.24) is 9.44 Å². The van der Waals surface area contributed by atoms with Crippen LogP contribution in [0.15, 0.2) is 0 Å². The first-order valence-corrected chi connectivity index (χ1v) is 6.27. The second-order valence-corrected chi connectivity index (χ2v) is 4.33. The quantitative estimate of drug-likeness (QED) is 0.667. The Labute approximate surface area is 82.4 Å². The van der Waals surface area contributed by atoms with E-state index in [0.29, 0.717) is 0 Å². The molecule has 0 heterocycles. The molecule has 0 fully saturated rings. The second kappa shape index (κ2) is 7.04. The van der Waals surface area contributed by atoms with E-state index in [4.69, 9.17) is 0 Å². The summed E-state index contributed by atoms with van der Waals surface area (Å²) in [6, 6.07) is 0. The Morgan fingerprint density at radius 2 is 1.21 bits per heavy atom. The molecule has 0 spiro atoms. The Morgan fingerprint density at radius 1 is 0.929 bits per heavy atom. The van der Waals surface area contributed by atoms with Gasteiger partial charge >= 0.3 is 20.8 Å². The van der Waals surface area contributed by atoms with E-state index in [0.717, 1.165) is 13.1 Å². The van der Waals surface area contributed by atoms with Crippen LogP contribution in [0.5, 0.6) is 0 Å². The first-order chi connectivity index (χ1) is 6.12. The summed E-state index contributed by atoms with van der Waals surface area (Å²) in [4.78, 5) is 0. The van der Waals surface area contributed by atoms with E-state index in [1.807, 2.05) is 0 Å². The Balaban J connectivity index is 0. The molecule has 0 bridgehead atoms. The highest BCUT2D eigenvalue weighted by Crippen LogP contribution is 1.90. The Hall–Kier alpha value is -0.320. The van der Waals surface area contributed by atoms with E-state index < -0.39 is 20.8 Å². The van der Waals surface area contributed by atoms with Crippen LogP contribution in [0.25, 0.3) is 0 Å². The van der Waals surface area contributed by atoms with Gasteiger partial charge in [-0.05, 0) is 13.1 Å². The lowest BCUT2D eigenvalue weighted by molar-refractivity contribution is 0.527. The van der Waals surface area contributed by atoms with Gasteiger partial charge in [-0.15, -0.1) is 0 Å². The third-order valence-electron chi connectivity index (χ3n) is 0.699. The minimum atomic E-state index is -5.49. The molecule has 0 atom stereocenters. The molecule has 6 nitrogen and oxygen atoms in total. The van der Waals surface area contributed by atoms with Gasteiger partial charge < -0.3 is 5.32 Å². The first kappa shape index (κ1) is 16.1. The van der Waals surface area contributed by atoms with Crippen molar-refractivity contribution in [2.24, 2.45) is 0 Å². The molecule has 88 valence electrons. The third-order valence-corrected chi connectivity index (χ3v) is 2.29. The lowest BCUT2D eigenvalue weighted by Crippen LogP contribution is -2.23. The minimum absolute atomic E-state index is 0.0694. The molecule has 2 N–H and O–H groups in total. The second-order valence-electron chi connectivity index (χ2n) is 1.92. The van der Waals surface area contributed by atoms with E-state index in [1.54, 1.807) is 0 Å². The average Bonchev–Trinajstić information content (AvgIpc) is 1.81. The molecule has 14 heavy (non-hydrogen) atoms. The van der Waals surface area contributed by atoms with Gasteiger partial charge in [-0.2, -0.15) is 16.8 Å². The van der Waals surface area contributed by atoms with Gasteiger partial charge in [0.05, 0.1) is 0 Å². The minimum Gasteiger partial charge on any atom is -0.317 e. The summed E-state index contributed by atoms with van der Waals surface area (Å²) in [5, 5.41) is 3.11. The van der Waals surface area contributed by atoms with Gasteiger partial charge in [-0.3, -0.25) is 0 Å². The monoisotopic (exact) mass is 254 g/mol. The summed E-state index contributed by atoms with van der Waals surface area (Å²) in [7, 11) is -11.0. The third kappa shape index (κ3) is 22.6. The van der Waals surface area contributed by atoms with Crippen molar-refractivity contribution < 1.29 is 24.6 Å². The van der Waals surface area contributed by atoms with E-state index >= 15 is 0 Å². The van der Waals surface area contributed by atoms with Gasteiger partial charge in [0.15, 0.2) is 0 Å². The number of halogens is 2. The van der Waals surface area contributed by atoms with Crippen molar-refractivity contribution >= 4 is 20.8 Å². The lowest BCUT2D eigenvalue weighted by atomic mass is 10.7. The zero-order chi connectivity index (χ0) is 11.8. The van der Waals surface area contributed by atoms with Crippen molar-refractivity contribution in [3.63, 3.8) is 0 Å². The topological polar surface area (TPSA) is 92.3 Å². The number of nitrogens with one attached hydrogen (secondary N) is 2. The molecule has 0 aliphatic heterocycles. The van der Waals surface area contributed by atoms with E-state index in [9.17, 15) is 24.6 Å². The van der Waals surface area contributed by atoms with Gasteiger partial charge in [0.1, 0.15) is 0 Å². The molecule has 0 saturated carbocycles. The molecule has 0 aromatic rings. The highest BCUT2D eigenvalue weighted by molar-refractivity contribution is 7.99. The van der Waals surface area contributed by atoms with Crippen LogP contribution in [0.2, 0.25) is 0 Å². The standard InChI is InChI=1S/C4H11N.F2HNO4S2/c1-3-5-4-2;1-8(4,5)3-9(2,6)7/h5H,3-4H2,1-2H3;3H. The Kier molecular flexibility index (Phi) is 8.10. The summed E-state index contributed by atoms with van der Waals surface area (Å²) < 4.78 is 59.3. The molecule has 0 unspecified atom stereocenters. The van der Waals surface area contributed by atoms with Crippen molar-refractivity contribution in [2.75, 3.05) is 13.1 Å². The average molecular weight is 254 g/mol. The van der Waals surface area contributed by atoms with Crippen molar-refractivity contribution in [1.29, 1.82) is 0 Å². The summed E-state index contributed by atoms with van der Waals surface area (Å²) in [5.41, 5.74) is 0. The molecule has 0 rings (SSSR count). The van der Waals surface area contributed by atoms with Crippen LogP contribution >= 0.6 is 0 Å². The zero-order valence-electron chi connectivity index (χ0n) is 7.62. The molecule has 0 saturated heterocycles. The maximum absolute atomic E-state index is 11.1. The molecule has 0 aliphatic rings. The fourth-order valence-corrected chi connectivity index (χ4v) is 1.32. The molecular formula is C4H12F2N2O4S2. The Morgan fingerprint density at radius 3 is 1.21 bits per heavy atom. The molecular weight excluding hydrogens is 242 g/mol. The van der Waals surface area contributed by atoms with Gasteiger partial charge in [-0.1, -0.05) is 25.7 Å². The number of hydrogen-bond donors (Lipinski definition) is 2. The summed E-state index contributed by atoms with van der Waals surface area (Å²) in [6.07, 6.45) is 0. The molecule has 0 aromatic carbocycles. The van der Waals surface area contributed by atoms with Crippen LogP contribution < -0.4 is 9.44 Å². The van der Waals surface area contributed by atoms with E-state index in [2.05, 4.69) is 19.2 Å². The van der Waals surface area contributed by atoms with Crippen LogP contribution in [0.4, 0.5) is 7.77 Å². The summed E-state index contributed by atoms with van der Waals surface area (Å²) in [6.45, 7) is 6.39. The van der Waals surface area contributed by atoms with Crippen LogP contribution in [0.1, 0.15) is 13.8 Å². The predicted octanol–water partition coefficient (Wildman–Crippen LogP) is -0.380. The highest BCUT2D eigenvalue weighted by atomic mass is 32.3. The first-order valence-electron chi connectivity index (χ1n) is 3.50. The van der Waals surface area contributed by atoms with E-state index in [-0.39, 0.29) is 4.13 Å². The maximum Gasteiger partial charge on any atom is 0.387 e. The SMILES string of the molecule is CCNCC.O=S(=O)(F)NS(=O)(=O)F. The molecule has 0 aliphatic carbocycles. The van der Waals surface area contributed by atoms with Gasteiger partial charge in [-0.25, -0.2) is 0 Å².